The summed E-state index contributed by atoms with van der Waals surface area (Å²) in [5.41, 5.74) is 4.86. The fourth-order valence-corrected chi connectivity index (χ4v) is 5.31. The third-order valence-electron chi connectivity index (χ3n) is 7.80. The van der Waals surface area contributed by atoms with Gasteiger partial charge < -0.3 is 25.1 Å². The molecule has 0 unspecified atom stereocenters. The van der Waals surface area contributed by atoms with Crippen LogP contribution in [0.3, 0.4) is 0 Å². The van der Waals surface area contributed by atoms with Gasteiger partial charge >= 0.3 is 5.97 Å². The number of carboxylic acids is 1. The maximum Gasteiger partial charge on any atom is 0.336 e. The number of carbonyl (C=O) groups is 3. The van der Waals surface area contributed by atoms with Gasteiger partial charge in [-0.1, -0.05) is 12.0 Å². The highest BCUT2D eigenvalue weighted by atomic mass is 16.4. The summed E-state index contributed by atoms with van der Waals surface area (Å²) >= 11 is 0. The van der Waals surface area contributed by atoms with E-state index in [1.165, 1.54) is 6.07 Å². The zero-order chi connectivity index (χ0) is 34.4. The normalized spacial score (nSPS) is 10.5. The first-order valence-corrected chi connectivity index (χ1v) is 15.2. The van der Waals surface area contributed by atoms with Crippen LogP contribution in [0.5, 0.6) is 0 Å². The highest BCUT2D eigenvalue weighted by Crippen LogP contribution is 2.42. The van der Waals surface area contributed by atoms with E-state index in [1.807, 2.05) is 74.1 Å². The van der Waals surface area contributed by atoms with Crippen LogP contribution in [0, 0.1) is 23.2 Å². The fraction of sp³-hybridized carbons (Fsp3) is 0.184. The Bertz CT molecular complexity index is 2190. The van der Waals surface area contributed by atoms with E-state index >= 15 is 0 Å². The van der Waals surface area contributed by atoms with Gasteiger partial charge in [-0.3, -0.25) is 9.59 Å². The van der Waals surface area contributed by atoms with Crippen molar-refractivity contribution in [3.63, 3.8) is 0 Å². The Kier molecular flexibility index (Phi) is 9.87. The van der Waals surface area contributed by atoms with Crippen LogP contribution in [-0.4, -0.2) is 57.6 Å². The average Bonchev–Trinajstić information content (AvgIpc) is 3.07. The van der Waals surface area contributed by atoms with Crippen LogP contribution in [0.2, 0.25) is 0 Å². The summed E-state index contributed by atoms with van der Waals surface area (Å²) in [7, 11) is 7.74. The minimum absolute atomic E-state index is 0.0196. The molecule has 0 aromatic heterocycles. The van der Waals surface area contributed by atoms with Crippen molar-refractivity contribution in [1.82, 2.24) is 9.89 Å². The van der Waals surface area contributed by atoms with Gasteiger partial charge in [0.05, 0.1) is 11.6 Å². The van der Waals surface area contributed by atoms with Crippen LogP contribution in [0.25, 0.3) is 33.4 Å². The molecule has 0 saturated heterocycles. The summed E-state index contributed by atoms with van der Waals surface area (Å²) in [6.07, 6.45) is 0.544. The SMILES string of the molecule is CN(C)c1ccc2c(-c3ccc(C(=O)NCCCC(=O)Nc4ccc(C#CC#N)cc4)cc3C(=O)O)c3ccc(=[N+](C)C)cc-3oc2c1. The van der Waals surface area contributed by atoms with E-state index in [1.54, 1.807) is 42.5 Å². The number of carboxylic acid groups (broad SMARTS) is 1. The lowest BCUT2D eigenvalue weighted by Crippen LogP contribution is -2.25. The summed E-state index contributed by atoms with van der Waals surface area (Å²) in [4.78, 5) is 40.1. The first-order valence-electron chi connectivity index (χ1n) is 15.2. The van der Waals surface area contributed by atoms with Crippen molar-refractivity contribution in [2.45, 2.75) is 12.8 Å². The number of amides is 2. The molecule has 3 aromatic carbocycles. The van der Waals surface area contributed by atoms with Crippen LogP contribution < -0.4 is 25.5 Å². The molecule has 2 aliphatic rings. The molecule has 2 amide bonds. The standard InChI is InChI=1S/C38H33N5O5/c1-42(2)27-14-17-30-33(22-27)48-34-23-28(43(3)4)15-18-31(34)36(30)29-16-11-25(21-32(29)38(46)47)37(45)40-20-6-8-35(44)41-26-12-9-24(10-13-26)7-5-19-39/h9-18,21-23H,6,8,20H2,1-4H3,(H2-,40,41,44,45,46,47)/p+1. The predicted molar refractivity (Wildman–Crippen MR) is 186 cm³/mol. The zero-order valence-corrected chi connectivity index (χ0v) is 27.0. The molecule has 0 spiro atoms. The second-order valence-electron chi connectivity index (χ2n) is 11.5. The number of rotatable bonds is 9. The molecule has 1 aliphatic carbocycles. The second kappa shape index (κ2) is 14.4. The Morgan fingerprint density at radius 1 is 0.938 bits per heavy atom. The summed E-state index contributed by atoms with van der Waals surface area (Å²) < 4.78 is 8.33. The summed E-state index contributed by atoms with van der Waals surface area (Å²) in [5.74, 6) is 3.77. The van der Waals surface area contributed by atoms with Gasteiger partial charge in [-0.05, 0) is 66.6 Å². The largest absolute Gasteiger partial charge is 0.478 e. The van der Waals surface area contributed by atoms with Gasteiger partial charge in [0, 0.05) is 84.1 Å². The highest BCUT2D eigenvalue weighted by molar-refractivity contribution is 6.09. The second-order valence-corrected chi connectivity index (χ2v) is 11.5. The Morgan fingerprint density at radius 2 is 1.69 bits per heavy atom. The maximum absolute atomic E-state index is 13.1. The number of hydrogen-bond acceptors (Lipinski definition) is 6. The molecule has 0 saturated carbocycles. The van der Waals surface area contributed by atoms with Crippen molar-refractivity contribution in [1.29, 1.82) is 5.26 Å². The third-order valence-corrected chi connectivity index (χ3v) is 7.80. The molecule has 240 valence electrons. The third kappa shape index (κ3) is 7.35. The van der Waals surface area contributed by atoms with Gasteiger partial charge in [0.15, 0.2) is 6.07 Å². The first-order chi connectivity index (χ1) is 23.0. The smallest absolute Gasteiger partial charge is 0.336 e. The Labute approximate surface area is 277 Å². The van der Waals surface area contributed by atoms with Crippen LogP contribution in [-0.2, 0) is 4.79 Å². The minimum atomic E-state index is -1.17. The summed E-state index contributed by atoms with van der Waals surface area (Å²) in [6, 6.07) is 24.8. The molecule has 3 N–H and O–H groups in total. The molecule has 3 aromatic rings. The van der Waals surface area contributed by atoms with E-state index in [9.17, 15) is 19.5 Å². The lowest BCUT2D eigenvalue weighted by molar-refractivity contribution is -0.116. The van der Waals surface area contributed by atoms with Crippen LogP contribution >= 0.6 is 0 Å². The van der Waals surface area contributed by atoms with Gasteiger partial charge in [-0.15, -0.1) is 0 Å². The predicted octanol–water partition coefficient (Wildman–Crippen LogP) is 5.02. The molecular weight excluding hydrogens is 606 g/mol. The Balaban J connectivity index is 1.36. The Hall–Kier alpha value is -6.39. The van der Waals surface area contributed by atoms with Crippen molar-refractivity contribution in [3.8, 4) is 40.4 Å². The van der Waals surface area contributed by atoms with Gasteiger partial charge in [-0.25, -0.2) is 9.37 Å². The number of aromatic carboxylic acids is 1. The zero-order valence-electron chi connectivity index (χ0n) is 27.0. The number of anilines is 2. The van der Waals surface area contributed by atoms with Crippen molar-refractivity contribution in [2.75, 3.05) is 45.0 Å². The number of nitrogens with zero attached hydrogens (tertiary/aromatic N) is 3. The lowest BCUT2D eigenvalue weighted by atomic mass is 9.89. The van der Waals surface area contributed by atoms with E-state index in [4.69, 9.17) is 9.68 Å². The van der Waals surface area contributed by atoms with Crippen molar-refractivity contribution in [2.24, 2.45) is 0 Å². The molecular formula is C38H34N5O5+. The van der Waals surface area contributed by atoms with Crippen LogP contribution in [0.15, 0.2) is 83.3 Å². The minimum Gasteiger partial charge on any atom is -0.478 e. The number of benzene rings is 4. The molecule has 10 heteroatoms. The molecule has 10 nitrogen and oxygen atoms in total. The highest BCUT2D eigenvalue weighted by Gasteiger charge is 2.23. The summed E-state index contributed by atoms with van der Waals surface area (Å²) in [6.45, 7) is 0.219. The van der Waals surface area contributed by atoms with Gasteiger partial charge in [-0.2, -0.15) is 5.26 Å². The van der Waals surface area contributed by atoms with E-state index in [2.05, 4.69) is 22.5 Å². The summed E-state index contributed by atoms with van der Waals surface area (Å²) in [5, 5.41) is 26.1. The monoisotopic (exact) mass is 640 g/mol. The average molecular weight is 641 g/mol. The number of fused-ring (bicyclic) bond motifs is 2. The van der Waals surface area contributed by atoms with Crippen LogP contribution in [0.4, 0.5) is 11.4 Å². The number of nitrogens with one attached hydrogen (secondary N) is 2. The van der Waals surface area contributed by atoms with Crippen molar-refractivity contribution in [3.05, 3.63) is 101 Å². The van der Waals surface area contributed by atoms with Crippen molar-refractivity contribution < 1.29 is 23.9 Å². The molecule has 0 radical (unpaired) electrons. The first kappa shape index (κ1) is 33.0. The molecule has 0 bridgehead atoms. The van der Waals surface area contributed by atoms with E-state index in [0.717, 1.165) is 22.0 Å². The van der Waals surface area contributed by atoms with Gasteiger partial charge in [0.25, 0.3) is 5.91 Å². The number of carbonyl (C=O) groups excluding carboxylic acids is 2. The molecule has 0 fully saturated rings. The van der Waals surface area contributed by atoms with E-state index < -0.39 is 11.9 Å². The van der Waals surface area contributed by atoms with Crippen molar-refractivity contribution >= 4 is 40.1 Å². The van der Waals surface area contributed by atoms with Gasteiger partial charge in [0.2, 0.25) is 11.3 Å². The molecule has 1 heterocycles. The Morgan fingerprint density at radius 3 is 2.38 bits per heavy atom. The number of nitriles is 1. The van der Waals surface area contributed by atoms with Gasteiger partial charge in [0.1, 0.15) is 25.4 Å². The molecule has 5 rings (SSSR count). The quantitative estimate of drug-likeness (QED) is 0.0890. The topological polar surface area (TPSA) is 139 Å². The van der Waals surface area contributed by atoms with E-state index in [-0.39, 0.29) is 30.0 Å². The molecule has 48 heavy (non-hydrogen) atoms. The lowest BCUT2D eigenvalue weighted by Gasteiger charge is -2.19. The number of hydrogen-bond donors (Lipinski definition) is 3. The van der Waals surface area contributed by atoms with E-state index in [0.29, 0.717) is 40.1 Å². The molecule has 0 atom stereocenters. The fourth-order valence-electron chi connectivity index (χ4n) is 5.31. The maximum atomic E-state index is 13.1. The molecule has 1 aliphatic heterocycles. The van der Waals surface area contributed by atoms with Crippen LogP contribution in [0.1, 0.15) is 39.1 Å².